The maximum absolute atomic E-state index is 14.8. The molecule has 494 valence electrons. The molecule has 3 aliphatic heterocycles. The standard InChI is InChI=1S/C57H92N12O19/c1-5-7-8-9-10-11-12-13-14-15-16-17-23-41(71)62-37(28-47(79)80)52(83)65-38-29-58-53(84)40-22-20-25-69(40)57(88)48(33(3)6-2)67-55(86)49(34(4)70)66-44(74)32-60-51(82)36(27-46(77)78)63-42(72)30-59-50(81)35(26-45(75)76)64-43(73)31-61-54(85)39-21-18-19-24-68(39)56(38)87/h33-40,48-49,70H,5-32H2,1-4H3,(H,58,84)(H,59,81)(H,60,82)(H,61,85)(H,62,71)(H,63,72)(H,64,73)(H,65,83)(H,66,74)(H,67,86)(H,75,76)(H,77,78)(H,79,80)/t33-,34-,35+,36+,37+,38+,39+,40+,48+,49+/m1/s1. The van der Waals surface area contributed by atoms with Crippen molar-refractivity contribution < 1.29 is 92.3 Å². The van der Waals surface area contributed by atoms with E-state index >= 15 is 0 Å². The molecule has 88 heavy (non-hydrogen) atoms. The van der Waals surface area contributed by atoms with Crippen LogP contribution in [-0.2, 0) is 71.9 Å². The minimum Gasteiger partial charge on any atom is -0.481 e. The molecule has 3 aliphatic rings. The van der Waals surface area contributed by atoms with Gasteiger partial charge in [-0.3, -0.25) is 71.9 Å². The van der Waals surface area contributed by atoms with Crippen LogP contribution < -0.4 is 53.2 Å². The third-order valence-electron chi connectivity index (χ3n) is 15.5. The number of carbonyl (C=O) groups is 15. The van der Waals surface area contributed by atoms with Crippen LogP contribution in [0.3, 0.4) is 0 Å². The molecule has 31 nitrogen and oxygen atoms in total. The molecule has 3 saturated heterocycles. The zero-order chi connectivity index (χ0) is 65.5. The Morgan fingerprint density at radius 2 is 1.00 bits per heavy atom. The molecule has 3 heterocycles. The largest absolute Gasteiger partial charge is 0.481 e. The lowest BCUT2D eigenvalue weighted by Gasteiger charge is -2.37. The van der Waals surface area contributed by atoms with Crippen molar-refractivity contribution in [3.8, 4) is 0 Å². The van der Waals surface area contributed by atoms with Crippen molar-refractivity contribution in [3.63, 3.8) is 0 Å². The first-order valence-electron chi connectivity index (χ1n) is 30.6. The quantitative estimate of drug-likeness (QED) is 0.0427. The van der Waals surface area contributed by atoms with Crippen LogP contribution in [0.1, 0.15) is 169 Å². The maximum atomic E-state index is 14.8. The van der Waals surface area contributed by atoms with E-state index < -0.39 is 195 Å². The van der Waals surface area contributed by atoms with Crippen LogP contribution >= 0.6 is 0 Å². The van der Waals surface area contributed by atoms with Gasteiger partial charge in [0.1, 0.15) is 48.3 Å². The molecule has 0 radical (unpaired) electrons. The van der Waals surface area contributed by atoms with E-state index in [9.17, 15) is 92.3 Å². The third-order valence-corrected chi connectivity index (χ3v) is 15.5. The van der Waals surface area contributed by atoms with Crippen LogP contribution in [0.4, 0.5) is 0 Å². The van der Waals surface area contributed by atoms with Crippen molar-refractivity contribution in [2.45, 2.75) is 223 Å². The van der Waals surface area contributed by atoms with Crippen LogP contribution in [0.5, 0.6) is 0 Å². The molecular weight excluding hydrogens is 1160 g/mol. The summed E-state index contributed by atoms with van der Waals surface area (Å²) >= 11 is 0. The average molecular weight is 1250 g/mol. The highest BCUT2D eigenvalue weighted by atomic mass is 16.4. The van der Waals surface area contributed by atoms with Crippen molar-refractivity contribution in [3.05, 3.63) is 0 Å². The molecule has 10 atom stereocenters. The molecule has 3 rings (SSSR count). The molecule has 0 bridgehead atoms. The molecule has 0 spiro atoms. The molecular formula is C57H92N12O19. The molecule has 3 fully saturated rings. The summed E-state index contributed by atoms with van der Waals surface area (Å²) in [6.07, 6.45) is 8.97. The Kier molecular flexibility index (Phi) is 32.9. The highest BCUT2D eigenvalue weighted by molar-refractivity contribution is 6.00. The van der Waals surface area contributed by atoms with Crippen molar-refractivity contribution >= 4 is 88.8 Å². The van der Waals surface area contributed by atoms with E-state index in [4.69, 9.17) is 0 Å². The van der Waals surface area contributed by atoms with Gasteiger partial charge in [-0.25, -0.2) is 0 Å². The lowest BCUT2D eigenvalue weighted by molar-refractivity contribution is -0.146. The summed E-state index contributed by atoms with van der Waals surface area (Å²) in [6.45, 7) is 2.89. The van der Waals surface area contributed by atoms with Crippen molar-refractivity contribution in [2.24, 2.45) is 5.92 Å². The first-order valence-corrected chi connectivity index (χ1v) is 30.6. The normalized spacial score (nSPS) is 23.9. The molecule has 0 saturated carbocycles. The zero-order valence-electron chi connectivity index (χ0n) is 50.9. The lowest BCUT2D eigenvalue weighted by Crippen LogP contribution is -2.63. The predicted octanol–water partition coefficient (Wildman–Crippen LogP) is -2.31. The number of aliphatic carboxylic acids is 3. The van der Waals surface area contributed by atoms with Gasteiger partial charge in [0.15, 0.2) is 0 Å². The lowest BCUT2D eigenvalue weighted by atomic mass is 9.96. The number of fused-ring (bicyclic) bond motifs is 2. The van der Waals surface area contributed by atoms with Gasteiger partial charge >= 0.3 is 17.9 Å². The summed E-state index contributed by atoms with van der Waals surface area (Å²) in [6, 6.07) is -13.1. The number of hydrogen-bond donors (Lipinski definition) is 14. The number of aliphatic hydroxyl groups excluding tert-OH is 1. The molecule has 0 aromatic heterocycles. The predicted molar refractivity (Wildman–Crippen MR) is 311 cm³/mol. The second-order valence-electron chi connectivity index (χ2n) is 22.6. The highest BCUT2D eigenvalue weighted by Gasteiger charge is 2.43. The van der Waals surface area contributed by atoms with E-state index in [1.165, 1.54) is 37.0 Å². The Morgan fingerprint density at radius 1 is 0.534 bits per heavy atom. The first kappa shape index (κ1) is 74.3. The van der Waals surface area contributed by atoms with E-state index in [0.717, 1.165) is 43.9 Å². The van der Waals surface area contributed by atoms with Gasteiger partial charge in [0.2, 0.25) is 70.9 Å². The third kappa shape index (κ3) is 26.2. The van der Waals surface area contributed by atoms with Crippen molar-refractivity contribution in [1.29, 1.82) is 0 Å². The molecule has 0 aromatic rings. The fraction of sp³-hybridized carbons (Fsp3) is 0.737. The fourth-order valence-electron chi connectivity index (χ4n) is 10.4. The summed E-state index contributed by atoms with van der Waals surface area (Å²) in [5, 5.41) is 62.6. The second-order valence-corrected chi connectivity index (χ2v) is 22.6. The minimum atomic E-state index is -1.89. The van der Waals surface area contributed by atoms with Gasteiger partial charge in [0, 0.05) is 26.1 Å². The van der Waals surface area contributed by atoms with E-state index in [1.807, 2.05) is 0 Å². The Labute approximate surface area is 511 Å². The first-order chi connectivity index (χ1) is 41.8. The number of aliphatic hydroxyl groups is 1. The number of carboxylic acid groups (broad SMARTS) is 3. The molecule has 0 aromatic carbocycles. The topological polar surface area (TPSA) is 464 Å². The Morgan fingerprint density at radius 3 is 1.50 bits per heavy atom. The summed E-state index contributed by atoms with van der Waals surface area (Å²) in [7, 11) is 0. The number of rotatable bonds is 25. The van der Waals surface area contributed by atoms with Gasteiger partial charge in [-0.05, 0) is 51.4 Å². The van der Waals surface area contributed by atoms with Gasteiger partial charge < -0.3 is 83.4 Å². The SMILES string of the molecule is CCCCCCCCCCCCCCC(=O)N[C@@H](CC(=O)O)C(=O)N[C@H]1CNC(=O)[C@@H]2CCCN2C(=O)[C@H]([C@H](C)CC)NC(=O)[C@H]([C@@H](C)O)NC(=O)CNC(=O)[C@H](CC(=O)O)NC(=O)CNC(=O)[C@H](CC(=O)O)NC(=O)CNC(=O)[C@@H]2CCCCN2C1=O. The van der Waals surface area contributed by atoms with Gasteiger partial charge in [0.25, 0.3) is 0 Å². The number of hydrogen-bond acceptors (Lipinski definition) is 16. The van der Waals surface area contributed by atoms with Gasteiger partial charge in [0.05, 0.1) is 45.0 Å². The number of nitrogens with one attached hydrogen (secondary N) is 10. The molecule has 0 unspecified atom stereocenters. The molecule has 12 amide bonds. The Balaban J connectivity index is 2.00. The number of piperidine rings is 1. The smallest absolute Gasteiger partial charge is 0.305 e. The molecule has 0 aliphatic carbocycles. The van der Waals surface area contributed by atoms with E-state index in [2.05, 4.69) is 60.1 Å². The van der Waals surface area contributed by atoms with Crippen molar-refractivity contribution in [2.75, 3.05) is 39.3 Å². The summed E-state index contributed by atoms with van der Waals surface area (Å²) in [4.78, 5) is 203. The van der Waals surface area contributed by atoms with Crippen LogP contribution in [0.25, 0.3) is 0 Å². The summed E-state index contributed by atoms with van der Waals surface area (Å²) < 4.78 is 0. The summed E-state index contributed by atoms with van der Waals surface area (Å²) in [5.74, 6) is -17.6. The summed E-state index contributed by atoms with van der Waals surface area (Å²) in [5.41, 5.74) is 0. The maximum Gasteiger partial charge on any atom is 0.305 e. The van der Waals surface area contributed by atoms with E-state index in [-0.39, 0.29) is 45.2 Å². The van der Waals surface area contributed by atoms with Crippen LogP contribution in [0.15, 0.2) is 0 Å². The number of unbranched alkanes of at least 4 members (excludes halogenated alkanes) is 11. The van der Waals surface area contributed by atoms with E-state index in [0.29, 0.717) is 25.7 Å². The monoisotopic (exact) mass is 1250 g/mol. The van der Waals surface area contributed by atoms with Gasteiger partial charge in [-0.2, -0.15) is 0 Å². The molecule has 31 heteroatoms. The van der Waals surface area contributed by atoms with Crippen LogP contribution in [-0.4, -0.2) is 213 Å². The highest BCUT2D eigenvalue weighted by Crippen LogP contribution is 2.23. The van der Waals surface area contributed by atoms with Gasteiger partial charge in [-0.1, -0.05) is 97.8 Å². The van der Waals surface area contributed by atoms with E-state index in [1.54, 1.807) is 13.8 Å². The molecule has 14 N–H and O–H groups in total. The number of amides is 12. The Bertz CT molecular complexity index is 2460. The van der Waals surface area contributed by atoms with Crippen LogP contribution in [0.2, 0.25) is 0 Å². The Hall–Kier alpha value is -7.99. The fourth-order valence-corrected chi connectivity index (χ4v) is 10.4. The average Bonchev–Trinajstić information content (AvgIpc) is 4.03. The van der Waals surface area contributed by atoms with Crippen LogP contribution in [0, 0.1) is 5.92 Å². The van der Waals surface area contributed by atoms with Crippen molar-refractivity contribution in [1.82, 2.24) is 63.0 Å². The number of carboxylic acids is 3. The second kappa shape index (κ2) is 39.0. The minimum absolute atomic E-state index is 0.0101. The zero-order valence-corrected chi connectivity index (χ0v) is 50.9. The number of carbonyl (C=O) groups excluding carboxylic acids is 12. The van der Waals surface area contributed by atoms with Gasteiger partial charge in [-0.15, -0.1) is 0 Å². The number of nitrogens with zero attached hydrogens (tertiary/aromatic N) is 2.